The third-order valence-corrected chi connectivity index (χ3v) is 9.88. The zero-order valence-electron chi connectivity index (χ0n) is 21.9. The van der Waals surface area contributed by atoms with Gasteiger partial charge < -0.3 is 19.8 Å². The molecule has 3 aliphatic carbocycles. The van der Waals surface area contributed by atoms with Crippen molar-refractivity contribution in [1.29, 1.82) is 0 Å². The van der Waals surface area contributed by atoms with Crippen molar-refractivity contribution in [2.45, 2.75) is 68.2 Å². The maximum atomic E-state index is 13.9. The largest absolute Gasteiger partial charge is 0.504 e. The van der Waals surface area contributed by atoms with Crippen molar-refractivity contribution in [3.63, 3.8) is 0 Å². The molecule has 198 valence electrons. The minimum atomic E-state index is -1.31. The van der Waals surface area contributed by atoms with Gasteiger partial charge >= 0.3 is 0 Å². The van der Waals surface area contributed by atoms with Gasteiger partial charge in [0.2, 0.25) is 5.91 Å². The Hall–Kier alpha value is -3.16. The topological polar surface area (TPSA) is 90.3 Å². The van der Waals surface area contributed by atoms with Gasteiger partial charge in [-0.3, -0.25) is 14.5 Å². The average Bonchev–Trinajstić information content (AvgIpc) is 3.64. The molecule has 0 unspecified atom stereocenters. The SMILES string of the molecule is Cc1cccc(C=CC(=O)N(C)[C@@H]2CC[C@@]3(O)[C@H]4C(=O)c5ccc(O)c6c5[C@@]3(CCN4CC3CC3)[C@H]2O6)c1. The molecule has 7 nitrogen and oxygen atoms in total. The Labute approximate surface area is 222 Å². The number of Topliss-reactive ketones (excluding diaryl/α,β-unsaturated/α-hetero) is 1. The van der Waals surface area contributed by atoms with Crippen LogP contribution in [0.4, 0.5) is 0 Å². The summed E-state index contributed by atoms with van der Waals surface area (Å²) in [6.45, 7) is 3.53. The number of benzene rings is 2. The Morgan fingerprint density at radius 3 is 2.79 bits per heavy atom. The molecule has 2 bridgehead atoms. The van der Waals surface area contributed by atoms with Gasteiger partial charge in [-0.15, -0.1) is 0 Å². The number of ketones is 1. The van der Waals surface area contributed by atoms with Crippen molar-refractivity contribution in [2.75, 3.05) is 20.1 Å². The Bertz CT molecular complexity index is 1380. The number of carbonyl (C=O) groups excluding carboxylic acids is 2. The molecule has 2 saturated carbocycles. The molecular weight excluding hydrogens is 480 g/mol. The molecule has 2 N–H and O–H groups in total. The molecule has 0 aromatic heterocycles. The molecule has 5 aliphatic rings. The summed E-state index contributed by atoms with van der Waals surface area (Å²) in [4.78, 5) is 31.2. The summed E-state index contributed by atoms with van der Waals surface area (Å²) in [5, 5.41) is 23.4. The Balaban J connectivity index is 1.27. The number of phenols is 1. The second kappa shape index (κ2) is 8.17. The lowest BCUT2D eigenvalue weighted by Crippen LogP contribution is -2.79. The lowest BCUT2D eigenvalue weighted by molar-refractivity contribution is -0.187. The number of hydrogen-bond acceptors (Lipinski definition) is 6. The third kappa shape index (κ3) is 3.15. The van der Waals surface area contributed by atoms with Gasteiger partial charge in [-0.25, -0.2) is 0 Å². The zero-order valence-corrected chi connectivity index (χ0v) is 21.9. The van der Waals surface area contributed by atoms with Crippen LogP contribution in [-0.2, 0) is 10.2 Å². The van der Waals surface area contributed by atoms with E-state index in [1.165, 1.54) is 18.9 Å². The lowest BCUT2D eigenvalue weighted by atomic mass is 9.48. The van der Waals surface area contributed by atoms with E-state index in [1.54, 1.807) is 24.1 Å². The Kier molecular flexibility index (Phi) is 5.14. The molecule has 7 rings (SSSR count). The van der Waals surface area contributed by atoms with Gasteiger partial charge in [0.05, 0.1) is 11.5 Å². The molecular formula is C31H34N2O5. The minimum absolute atomic E-state index is 0.0198. The monoisotopic (exact) mass is 514 g/mol. The molecule has 3 fully saturated rings. The van der Waals surface area contributed by atoms with Gasteiger partial charge in [-0.05, 0) is 68.7 Å². The molecule has 38 heavy (non-hydrogen) atoms. The van der Waals surface area contributed by atoms with Crippen LogP contribution in [0.25, 0.3) is 6.08 Å². The van der Waals surface area contributed by atoms with Crippen LogP contribution < -0.4 is 4.74 Å². The molecule has 2 aromatic rings. The van der Waals surface area contributed by atoms with E-state index >= 15 is 0 Å². The van der Waals surface area contributed by atoms with Gasteiger partial charge in [0, 0.05) is 37.3 Å². The smallest absolute Gasteiger partial charge is 0.246 e. The number of piperidine rings is 1. The van der Waals surface area contributed by atoms with Gasteiger partial charge in [0.15, 0.2) is 17.3 Å². The number of rotatable bonds is 5. The molecule has 1 saturated heterocycles. The quantitative estimate of drug-likeness (QED) is 0.594. The fraction of sp³-hybridized carbons (Fsp3) is 0.484. The lowest BCUT2D eigenvalue weighted by Gasteiger charge is -2.63. The van der Waals surface area contributed by atoms with Crippen LogP contribution in [0.15, 0.2) is 42.5 Å². The summed E-state index contributed by atoms with van der Waals surface area (Å²) in [5.41, 5.74) is 1.11. The summed E-state index contributed by atoms with van der Waals surface area (Å²) in [6, 6.07) is 10.3. The molecule has 0 radical (unpaired) electrons. The predicted molar refractivity (Wildman–Crippen MR) is 142 cm³/mol. The summed E-state index contributed by atoms with van der Waals surface area (Å²) < 4.78 is 6.52. The maximum Gasteiger partial charge on any atom is 0.246 e. The highest BCUT2D eigenvalue weighted by Gasteiger charge is 2.75. The van der Waals surface area contributed by atoms with Crippen molar-refractivity contribution in [3.05, 3.63) is 64.7 Å². The summed E-state index contributed by atoms with van der Waals surface area (Å²) in [5.74, 6) is 0.656. The number of ether oxygens (including phenoxy) is 1. The van der Waals surface area contributed by atoms with Crippen molar-refractivity contribution in [1.82, 2.24) is 9.80 Å². The van der Waals surface area contributed by atoms with Crippen LogP contribution in [0.1, 0.15) is 59.2 Å². The van der Waals surface area contributed by atoms with Gasteiger partial charge in [0.1, 0.15) is 17.7 Å². The van der Waals surface area contributed by atoms with E-state index in [1.807, 2.05) is 37.3 Å². The van der Waals surface area contributed by atoms with Gasteiger partial charge in [0.25, 0.3) is 0 Å². The van der Waals surface area contributed by atoms with E-state index in [2.05, 4.69) is 4.90 Å². The van der Waals surface area contributed by atoms with E-state index in [9.17, 15) is 19.8 Å². The maximum absolute atomic E-state index is 13.9. The van der Waals surface area contributed by atoms with E-state index in [4.69, 9.17) is 4.74 Å². The van der Waals surface area contributed by atoms with E-state index < -0.39 is 23.2 Å². The highest BCUT2D eigenvalue weighted by molar-refractivity contribution is 6.06. The number of likely N-dealkylation sites (tertiary alicyclic amines) is 1. The van der Waals surface area contributed by atoms with E-state index in [0.29, 0.717) is 48.6 Å². The van der Waals surface area contributed by atoms with Crippen LogP contribution in [0.3, 0.4) is 0 Å². The van der Waals surface area contributed by atoms with Gasteiger partial charge in [-0.1, -0.05) is 29.8 Å². The molecule has 2 heterocycles. The normalized spacial score (nSPS) is 33.2. The number of carbonyl (C=O) groups is 2. The second-order valence-corrected chi connectivity index (χ2v) is 12.0. The molecule has 7 heteroatoms. The van der Waals surface area contributed by atoms with Crippen molar-refractivity contribution in [3.8, 4) is 11.5 Å². The first kappa shape index (κ1) is 23.9. The third-order valence-electron chi connectivity index (χ3n) is 9.88. The Morgan fingerprint density at radius 2 is 2.03 bits per heavy atom. The van der Waals surface area contributed by atoms with Crippen LogP contribution in [0.5, 0.6) is 11.5 Å². The highest BCUT2D eigenvalue weighted by atomic mass is 16.5. The number of phenolic OH excluding ortho intramolecular Hbond substituents is 1. The molecule has 2 aromatic carbocycles. The zero-order chi connectivity index (χ0) is 26.4. The number of aliphatic hydroxyl groups is 1. The van der Waals surface area contributed by atoms with Crippen LogP contribution >= 0.6 is 0 Å². The number of nitrogens with zero attached hydrogens (tertiary/aromatic N) is 2. The van der Waals surface area contributed by atoms with E-state index in [0.717, 1.165) is 17.7 Å². The standard InChI is InChI=1S/C31H34N2O5/c1-18-4-3-5-19(16-18)8-11-24(35)32(2)22-12-13-31(37)28-26(36)21-9-10-23(34)27-25(21)30(31,29(22)38-27)14-15-33(28)17-20-6-7-20/h3-5,8-11,16,20,22,28-29,34,37H,6-7,12-15,17H2,1-2H3/t22-,28-,29+,30+,31-/m1/s1. The van der Waals surface area contributed by atoms with Crippen LogP contribution in [0.2, 0.25) is 0 Å². The predicted octanol–water partition coefficient (Wildman–Crippen LogP) is 3.45. The first-order valence-corrected chi connectivity index (χ1v) is 13.8. The number of aromatic hydroxyl groups is 1. The highest BCUT2D eigenvalue weighted by Crippen LogP contribution is 2.65. The number of hydrogen-bond donors (Lipinski definition) is 2. The second-order valence-electron chi connectivity index (χ2n) is 12.0. The Morgan fingerprint density at radius 1 is 1.21 bits per heavy atom. The minimum Gasteiger partial charge on any atom is -0.504 e. The average molecular weight is 515 g/mol. The summed E-state index contributed by atoms with van der Waals surface area (Å²) >= 11 is 0. The first-order chi connectivity index (χ1) is 18.2. The van der Waals surface area contributed by atoms with Crippen molar-refractivity contribution >= 4 is 17.8 Å². The summed E-state index contributed by atoms with van der Waals surface area (Å²) in [6.07, 6.45) is 6.72. The molecule has 1 amide bonds. The first-order valence-electron chi connectivity index (χ1n) is 13.8. The number of amides is 1. The number of likely N-dealkylation sites (N-methyl/N-ethyl adjacent to an activating group) is 1. The fourth-order valence-corrected chi connectivity index (χ4v) is 7.91. The number of aryl methyl sites for hydroxylation is 1. The van der Waals surface area contributed by atoms with Crippen LogP contribution in [-0.4, -0.2) is 75.6 Å². The molecule has 1 spiro atoms. The van der Waals surface area contributed by atoms with Crippen molar-refractivity contribution < 1.29 is 24.5 Å². The fourth-order valence-electron chi connectivity index (χ4n) is 7.91. The summed E-state index contributed by atoms with van der Waals surface area (Å²) in [7, 11) is 1.79. The van der Waals surface area contributed by atoms with Crippen molar-refractivity contribution in [2.24, 2.45) is 5.92 Å². The van der Waals surface area contributed by atoms with E-state index in [-0.39, 0.29) is 23.5 Å². The van der Waals surface area contributed by atoms with Crippen LogP contribution in [0, 0.1) is 12.8 Å². The molecule has 2 aliphatic heterocycles. The molecule has 5 atom stereocenters. The van der Waals surface area contributed by atoms with Gasteiger partial charge in [-0.2, -0.15) is 0 Å².